The fourth-order valence-electron chi connectivity index (χ4n) is 1.64. The highest BCUT2D eigenvalue weighted by Gasteiger charge is 2.04. The number of oxazole rings is 1. The molecular weight excluding hydrogens is 200 g/mol. The van der Waals surface area contributed by atoms with E-state index < -0.39 is 0 Å². The van der Waals surface area contributed by atoms with E-state index in [-0.39, 0.29) is 6.04 Å². The molecule has 84 valence electrons. The summed E-state index contributed by atoms with van der Waals surface area (Å²) < 4.78 is 5.34. The molecule has 0 aliphatic carbocycles. The van der Waals surface area contributed by atoms with Crippen molar-refractivity contribution in [3.63, 3.8) is 0 Å². The molecular formula is C13H16N2O. The van der Waals surface area contributed by atoms with Gasteiger partial charge in [-0.25, -0.2) is 4.98 Å². The van der Waals surface area contributed by atoms with Crippen LogP contribution in [0.25, 0.3) is 11.5 Å². The van der Waals surface area contributed by atoms with E-state index in [0.717, 1.165) is 17.7 Å². The van der Waals surface area contributed by atoms with Gasteiger partial charge in [0.1, 0.15) is 6.26 Å². The number of nitrogens with zero attached hydrogens (tertiary/aromatic N) is 1. The van der Waals surface area contributed by atoms with Crippen LogP contribution in [0.2, 0.25) is 0 Å². The fraction of sp³-hybridized carbons (Fsp3) is 0.308. The summed E-state index contributed by atoms with van der Waals surface area (Å²) in [4.78, 5) is 4.28. The lowest BCUT2D eigenvalue weighted by atomic mass is 10.1. The molecule has 3 nitrogen and oxygen atoms in total. The summed E-state index contributed by atoms with van der Waals surface area (Å²) in [6.45, 7) is 3.92. The van der Waals surface area contributed by atoms with E-state index in [2.05, 4.69) is 17.1 Å². The molecule has 1 atom stereocenters. The second-order valence-electron chi connectivity index (χ2n) is 4.17. The SMILES string of the molecule is Cc1coc(-c2ccc(CC(C)N)cc2)n1. The van der Waals surface area contributed by atoms with Gasteiger partial charge in [-0.05, 0) is 38.0 Å². The van der Waals surface area contributed by atoms with Gasteiger partial charge in [-0.15, -0.1) is 0 Å². The smallest absolute Gasteiger partial charge is 0.226 e. The van der Waals surface area contributed by atoms with Gasteiger partial charge in [-0.2, -0.15) is 0 Å². The fourth-order valence-corrected chi connectivity index (χ4v) is 1.64. The Morgan fingerprint density at radius 2 is 2.00 bits per heavy atom. The third kappa shape index (κ3) is 2.49. The highest BCUT2D eigenvalue weighted by atomic mass is 16.3. The van der Waals surface area contributed by atoms with Crippen molar-refractivity contribution in [1.29, 1.82) is 0 Å². The molecule has 0 aliphatic heterocycles. The second-order valence-corrected chi connectivity index (χ2v) is 4.17. The van der Waals surface area contributed by atoms with Crippen LogP contribution in [0.15, 0.2) is 34.9 Å². The molecule has 1 aromatic carbocycles. The Balaban J connectivity index is 2.19. The third-order valence-electron chi connectivity index (χ3n) is 2.38. The summed E-state index contributed by atoms with van der Waals surface area (Å²) in [5, 5.41) is 0. The van der Waals surface area contributed by atoms with Gasteiger partial charge in [0.05, 0.1) is 5.69 Å². The van der Waals surface area contributed by atoms with Crippen molar-refractivity contribution in [2.45, 2.75) is 26.3 Å². The minimum absolute atomic E-state index is 0.190. The first-order chi connectivity index (χ1) is 7.65. The minimum Gasteiger partial charge on any atom is -0.444 e. The number of aryl methyl sites for hydroxylation is 1. The summed E-state index contributed by atoms with van der Waals surface area (Å²) in [7, 11) is 0. The van der Waals surface area contributed by atoms with Gasteiger partial charge < -0.3 is 10.2 Å². The van der Waals surface area contributed by atoms with Gasteiger partial charge >= 0.3 is 0 Å². The van der Waals surface area contributed by atoms with Crippen molar-refractivity contribution in [3.05, 3.63) is 41.8 Å². The molecule has 2 rings (SSSR count). The van der Waals surface area contributed by atoms with Crippen molar-refractivity contribution >= 4 is 0 Å². The lowest BCUT2D eigenvalue weighted by molar-refractivity contribution is 0.573. The van der Waals surface area contributed by atoms with Crippen LogP contribution >= 0.6 is 0 Å². The summed E-state index contributed by atoms with van der Waals surface area (Å²) >= 11 is 0. The van der Waals surface area contributed by atoms with Gasteiger partial charge in [-0.3, -0.25) is 0 Å². The normalized spacial score (nSPS) is 12.7. The molecule has 3 heteroatoms. The Hall–Kier alpha value is -1.61. The Bertz CT molecular complexity index is 457. The molecule has 0 bridgehead atoms. The predicted molar refractivity (Wildman–Crippen MR) is 64.0 cm³/mol. The van der Waals surface area contributed by atoms with Gasteiger partial charge in [0, 0.05) is 11.6 Å². The molecule has 0 spiro atoms. The van der Waals surface area contributed by atoms with Gasteiger partial charge in [0.25, 0.3) is 0 Å². The van der Waals surface area contributed by atoms with Crippen molar-refractivity contribution in [3.8, 4) is 11.5 Å². The zero-order chi connectivity index (χ0) is 11.5. The van der Waals surface area contributed by atoms with Crippen LogP contribution in [0, 0.1) is 6.92 Å². The van der Waals surface area contributed by atoms with E-state index in [1.807, 2.05) is 26.0 Å². The molecule has 2 aromatic rings. The zero-order valence-electron chi connectivity index (χ0n) is 9.60. The van der Waals surface area contributed by atoms with Crippen molar-refractivity contribution in [2.75, 3.05) is 0 Å². The Kier molecular flexibility index (Phi) is 3.06. The molecule has 1 aromatic heterocycles. The first-order valence-corrected chi connectivity index (χ1v) is 5.42. The highest BCUT2D eigenvalue weighted by molar-refractivity contribution is 5.53. The first-order valence-electron chi connectivity index (χ1n) is 5.42. The van der Waals surface area contributed by atoms with Crippen LogP contribution < -0.4 is 5.73 Å². The van der Waals surface area contributed by atoms with Crippen LogP contribution in [-0.4, -0.2) is 11.0 Å². The van der Waals surface area contributed by atoms with Crippen LogP contribution in [0.5, 0.6) is 0 Å². The molecule has 0 saturated heterocycles. The topological polar surface area (TPSA) is 52.0 Å². The number of benzene rings is 1. The molecule has 1 heterocycles. The third-order valence-corrected chi connectivity index (χ3v) is 2.38. The Labute approximate surface area is 95.3 Å². The van der Waals surface area contributed by atoms with Gasteiger partial charge in [0.15, 0.2) is 0 Å². The minimum atomic E-state index is 0.190. The van der Waals surface area contributed by atoms with E-state index in [9.17, 15) is 0 Å². The quantitative estimate of drug-likeness (QED) is 0.857. The lowest BCUT2D eigenvalue weighted by Gasteiger charge is -2.05. The maximum Gasteiger partial charge on any atom is 0.226 e. The monoisotopic (exact) mass is 216 g/mol. The number of nitrogens with two attached hydrogens (primary N) is 1. The maximum absolute atomic E-state index is 5.75. The molecule has 16 heavy (non-hydrogen) atoms. The molecule has 0 saturated carbocycles. The highest BCUT2D eigenvalue weighted by Crippen LogP contribution is 2.19. The summed E-state index contributed by atoms with van der Waals surface area (Å²) in [5.74, 6) is 0.671. The summed E-state index contributed by atoms with van der Waals surface area (Å²) in [6, 6.07) is 8.36. The molecule has 0 fully saturated rings. The van der Waals surface area contributed by atoms with Crippen LogP contribution in [-0.2, 0) is 6.42 Å². The van der Waals surface area contributed by atoms with Gasteiger partial charge in [0.2, 0.25) is 5.89 Å². The molecule has 0 amide bonds. The van der Waals surface area contributed by atoms with E-state index >= 15 is 0 Å². The van der Waals surface area contributed by atoms with Crippen LogP contribution in [0.3, 0.4) is 0 Å². The number of hydrogen-bond donors (Lipinski definition) is 1. The zero-order valence-corrected chi connectivity index (χ0v) is 9.60. The van der Waals surface area contributed by atoms with Crippen LogP contribution in [0.4, 0.5) is 0 Å². The maximum atomic E-state index is 5.75. The van der Waals surface area contributed by atoms with E-state index in [1.54, 1.807) is 6.26 Å². The molecule has 0 aliphatic rings. The molecule has 0 radical (unpaired) electrons. The second kappa shape index (κ2) is 4.49. The van der Waals surface area contributed by atoms with Crippen molar-refractivity contribution < 1.29 is 4.42 Å². The standard InChI is InChI=1S/C13H16N2O/c1-9(14)7-11-3-5-12(6-4-11)13-15-10(2)8-16-13/h3-6,8-9H,7,14H2,1-2H3. The summed E-state index contributed by atoms with van der Waals surface area (Å²) in [6.07, 6.45) is 2.55. The average Bonchev–Trinajstić information content (AvgIpc) is 2.65. The Morgan fingerprint density at radius 3 is 2.50 bits per heavy atom. The van der Waals surface area contributed by atoms with E-state index in [1.165, 1.54) is 5.56 Å². The van der Waals surface area contributed by atoms with E-state index in [4.69, 9.17) is 10.2 Å². The molecule has 2 N–H and O–H groups in total. The summed E-state index contributed by atoms with van der Waals surface area (Å²) in [5.41, 5.74) is 8.88. The first kappa shape index (κ1) is 10.9. The number of rotatable bonds is 3. The van der Waals surface area contributed by atoms with Gasteiger partial charge in [-0.1, -0.05) is 12.1 Å². The van der Waals surface area contributed by atoms with Crippen molar-refractivity contribution in [2.24, 2.45) is 5.73 Å². The van der Waals surface area contributed by atoms with Crippen LogP contribution in [0.1, 0.15) is 18.2 Å². The lowest BCUT2D eigenvalue weighted by Crippen LogP contribution is -2.17. The predicted octanol–water partition coefficient (Wildman–Crippen LogP) is 2.54. The number of hydrogen-bond acceptors (Lipinski definition) is 3. The average molecular weight is 216 g/mol. The number of aromatic nitrogens is 1. The largest absolute Gasteiger partial charge is 0.444 e. The molecule has 1 unspecified atom stereocenters. The van der Waals surface area contributed by atoms with E-state index in [0.29, 0.717) is 5.89 Å². The van der Waals surface area contributed by atoms with Crippen molar-refractivity contribution in [1.82, 2.24) is 4.98 Å². The Morgan fingerprint density at radius 1 is 1.31 bits per heavy atom.